The topological polar surface area (TPSA) is 69.6 Å². The highest BCUT2D eigenvalue weighted by Gasteiger charge is 2.37. The summed E-state index contributed by atoms with van der Waals surface area (Å²) in [5, 5.41) is 11.8. The summed E-state index contributed by atoms with van der Waals surface area (Å²) in [7, 11) is 0. The fraction of sp³-hybridized carbons (Fsp3) is 0.800. The average Bonchev–Trinajstić information content (AvgIpc) is 2.88. The van der Waals surface area contributed by atoms with Crippen molar-refractivity contribution in [1.29, 1.82) is 0 Å². The van der Waals surface area contributed by atoms with Gasteiger partial charge in [0.1, 0.15) is 6.54 Å². The number of nitrogens with zero attached hydrogens (tertiary/aromatic N) is 1. The van der Waals surface area contributed by atoms with Gasteiger partial charge in [0, 0.05) is 6.04 Å². The van der Waals surface area contributed by atoms with Crippen molar-refractivity contribution < 1.29 is 14.7 Å². The van der Waals surface area contributed by atoms with Crippen molar-refractivity contribution in [2.45, 2.75) is 37.8 Å². The molecule has 2 aliphatic rings. The van der Waals surface area contributed by atoms with Crippen molar-refractivity contribution in [2.75, 3.05) is 13.1 Å². The molecule has 1 saturated carbocycles. The zero-order chi connectivity index (χ0) is 10.8. The normalized spacial score (nSPS) is 25.2. The molecule has 0 aromatic carbocycles. The van der Waals surface area contributed by atoms with Gasteiger partial charge in [0.25, 0.3) is 0 Å². The van der Waals surface area contributed by atoms with Gasteiger partial charge in [-0.3, -0.25) is 9.59 Å². The van der Waals surface area contributed by atoms with Crippen molar-refractivity contribution >= 4 is 11.9 Å². The van der Waals surface area contributed by atoms with Gasteiger partial charge in [-0.1, -0.05) is 0 Å². The summed E-state index contributed by atoms with van der Waals surface area (Å²) in [4.78, 5) is 24.1. The van der Waals surface area contributed by atoms with E-state index in [-0.39, 0.29) is 24.5 Å². The minimum absolute atomic E-state index is 0.0302. The highest BCUT2D eigenvalue weighted by molar-refractivity contribution is 5.86. The van der Waals surface area contributed by atoms with Gasteiger partial charge in [-0.05, 0) is 32.2 Å². The molecule has 1 saturated heterocycles. The molecule has 5 nitrogen and oxygen atoms in total. The Hall–Kier alpha value is -1.10. The van der Waals surface area contributed by atoms with Gasteiger partial charge in [0.2, 0.25) is 5.91 Å². The molecule has 1 unspecified atom stereocenters. The fourth-order valence-corrected chi connectivity index (χ4v) is 2.01. The van der Waals surface area contributed by atoms with Crippen molar-refractivity contribution in [1.82, 2.24) is 10.2 Å². The summed E-state index contributed by atoms with van der Waals surface area (Å²) in [6.45, 7) is 0.712. The molecule has 15 heavy (non-hydrogen) atoms. The summed E-state index contributed by atoms with van der Waals surface area (Å²) >= 11 is 0. The van der Waals surface area contributed by atoms with Crippen molar-refractivity contribution in [3.63, 3.8) is 0 Å². The van der Waals surface area contributed by atoms with Crippen LogP contribution in [0.15, 0.2) is 0 Å². The zero-order valence-corrected chi connectivity index (χ0v) is 8.61. The predicted octanol–water partition coefficient (Wildman–Crippen LogP) is -0.186. The Balaban J connectivity index is 1.96. The monoisotopic (exact) mass is 212 g/mol. The first-order valence-corrected chi connectivity index (χ1v) is 5.44. The Morgan fingerprint density at radius 2 is 2.07 bits per heavy atom. The molecule has 0 radical (unpaired) electrons. The van der Waals surface area contributed by atoms with Gasteiger partial charge in [-0.2, -0.15) is 0 Å². The average molecular weight is 212 g/mol. The van der Waals surface area contributed by atoms with Gasteiger partial charge in [-0.25, -0.2) is 0 Å². The lowest BCUT2D eigenvalue weighted by Gasteiger charge is -2.23. The van der Waals surface area contributed by atoms with Crippen LogP contribution in [0.1, 0.15) is 25.7 Å². The van der Waals surface area contributed by atoms with Crippen LogP contribution in [0.2, 0.25) is 0 Å². The maximum atomic E-state index is 12.0. The van der Waals surface area contributed by atoms with Crippen LogP contribution in [0.5, 0.6) is 0 Å². The Kier molecular flexibility index (Phi) is 2.90. The number of carbonyl (C=O) groups is 2. The van der Waals surface area contributed by atoms with E-state index in [2.05, 4.69) is 5.32 Å². The largest absolute Gasteiger partial charge is 0.480 e. The van der Waals surface area contributed by atoms with Gasteiger partial charge >= 0.3 is 5.97 Å². The number of carbonyl (C=O) groups excluding carboxylic acids is 1. The van der Waals surface area contributed by atoms with Gasteiger partial charge < -0.3 is 15.3 Å². The third-order valence-corrected chi connectivity index (χ3v) is 2.93. The minimum Gasteiger partial charge on any atom is -0.480 e. The van der Waals surface area contributed by atoms with E-state index in [9.17, 15) is 9.59 Å². The summed E-state index contributed by atoms with van der Waals surface area (Å²) in [5.41, 5.74) is 0. The highest BCUT2D eigenvalue weighted by atomic mass is 16.4. The first-order valence-electron chi connectivity index (χ1n) is 5.44. The number of amides is 1. The van der Waals surface area contributed by atoms with E-state index in [1.165, 1.54) is 4.90 Å². The third kappa shape index (κ3) is 2.47. The van der Waals surface area contributed by atoms with Crippen LogP contribution in [0.3, 0.4) is 0 Å². The molecule has 84 valence electrons. The van der Waals surface area contributed by atoms with E-state index in [0.29, 0.717) is 0 Å². The van der Waals surface area contributed by atoms with E-state index in [4.69, 9.17) is 5.11 Å². The number of carboxylic acid groups (broad SMARTS) is 1. The molecule has 1 amide bonds. The molecule has 5 heteroatoms. The number of aliphatic carboxylic acids is 1. The van der Waals surface area contributed by atoms with Crippen LogP contribution < -0.4 is 5.32 Å². The molecule has 1 atom stereocenters. The molecular weight excluding hydrogens is 196 g/mol. The number of hydrogen-bond acceptors (Lipinski definition) is 3. The molecule has 0 aromatic rings. The standard InChI is InChI=1S/C10H16N2O3/c13-9(14)6-12(7-3-4-7)10(15)8-2-1-5-11-8/h7-8,11H,1-6H2,(H,13,14). The van der Waals surface area contributed by atoms with Crippen LogP contribution in [-0.4, -0.2) is 47.1 Å². The second-order valence-corrected chi connectivity index (χ2v) is 4.24. The third-order valence-electron chi connectivity index (χ3n) is 2.93. The highest BCUT2D eigenvalue weighted by Crippen LogP contribution is 2.27. The maximum Gasteiger partial charge on any atom is 0.323 e. The lowest BCUT2D eigenvalue weighted by Crippen LogP contribution is -2.46. The Bertz CT molecular complexity index is 270. The first-order chi connectivity index (χ1) is 7.18. The quantitative estimate of drug-likeness (QED) is 0.678. The molecule has 0 aromatic heterocycles. The van der Waals surface area contributed by atoms with Gasteiger partial charge in [0.05, 0.1) is 6.04 Å². The van der Waals surface area contributed by atoms with Crippen LogP contribution >= 0.6 is 0 Å². The second-order valence-electron chi connectivity index (χ2n) is 4.24. The molecular formula is C10H16N2O3. The molecule has 2 rings (SSSR count). The van der Waals surface area contributed by atoms with Crippen molar-refractivity contribution in [2.24, 2.45) is 0 Å². The van der Waals surface area contributed by atoms with Crippen molar-refractivity contribution in [3.05, 3.63) is 0 Å². The van der Waals surface area contributed by atoms with Crippen LogP contribution in [-0.2, 0) is 9.59 Å². The summed E-state index contributed by atoms with van der Waals surface area (Å²) in [5.74, 6) is -0.953. The van der Waals surface area contributed by atoms with Gasteiger partial charge in [-0.15, -0.1) is 0 Å². The van der Waals surface area contributed by atoms with Crippen LogP contribution in [0.25, 0.3) is 0 Å². The van der Waals surface area contributed by atoms with E-state index in [1.54, 1.807) is 0 Å². The molecule has 0 spiro atoms. The van der Waals surface area contributed by atoms with E-state index < -0.39 is 5.97 Å². The molecule has 1 aliphatic carbocycles. The number of nitrogens with one attached hydrogen (secondary N) is 1. The Morgan fingerprint density at radius 1 is 1.33 bits per heavy atom. The van der Waals surface area contributed by atoms with Gasteiger partial charge in [0.15, 0.2) is 0 Å². The number of carboxylic acids is 1. The first kappa shape index (κ1) is 10.4. The SMILES string of the molecule is O=C(O)CN(C(=O)C1CCCN1)C1CC1. The van der Waals surface area contributed by atoms with E-state index in [0.717, 1.165) is 32.2 Å². The minimum atomic E-state index is -0.923. The fourth-order valence-electron chi connectivity index (χ4n) is 2.01. The second kappa shape index (κ2) is 4.18. The van der Waals surface area contributed by atoms with Crippen molar-refractivity contribution in [3.8, 4) is 0 Å². The summed E-state index contributed by atoms with van der Waals surface area (Å²) in [6, 6.07) is 0.0287. The molecule has 2 fully saturated rings. The number of rotatable bonds is 4. The Labute approximate surface area is 88.4 Å². The van der Waals surface area contributed by atoms with Crippen LogP contribution in [0, 0.1) is 0 Å². The zero-order valence-electron chi connectivity index (χ0n) is 8.61. The molecule has 2 N–H and O–H groups in total. The lowest BCUT2D eigenvalue weighted by molar-refractivity contribution is -0.145. The smallest absolute Gasteiger partial charge is 0.323 e. The lowest BCUT2D eigenvalue weighted by atomic mass is 10.2. The maximum absolute atomic E-state index is 12.0. The van der Waals surface area contributed by atoms with Crippen LogP contribution in [0.4, 0.5) is 0 Å². The summed E-state index contributed by atoms with van der Waals surface area (Å²) < 4.78 is 0. The molecule has 1 aliphatic heterocycles. The Morgan fingerprint density at radius 3 is 2.53 bits per heavy atom. The molecule has 0 bridgehead atoms. The predicted molar refractivity (Wildman–Crippen MR) is 53.4 cm³/mol. The van der Waals surface area contributed by atoms with E-state index in [1.807, 2.05) is 0 Å². The van der Waals surface area contributed by atoms with E-state index >= 15 is 0 Å². The summed E-state index contributed by atoms with van der Waals surface area (Å²) in [6.07, 6.45) is 3.74. The number of hydrogen-bond donors (Lipinski definition) is 2. The molecule has 1 heterocycles.